The standard InChI is InChI=1S/C5H8O2.V/c1-4(6)3-5(2)7;/h3H2,1-2H3;. The summed E-state index contributed by atoms with van der Waals surface area (Å²) in [5.74, 6) is -0.125. The van der Waals surface area contributed by atoms with E-state index in [2.05, 4.69) is 0 Å². The maximum Gasteiger partial charge on any atom is 0.137 e. The van der Waals surface area contributed by atoms with Crippen molar-refractivity contribution in [3.05, 3.63) is 0 Å². The van der Waals surface area contributed by atoms with Gasteiger partial charge in [-0.3, -0.25) is 9.59 Å². The zero-order chi connectivity index (χ0) is 5.86. The number of ketones is 2. The quantitative estimate of drug-likeness (QED) is 0.540. The van der Waals surface area contributed by atoms with E-state index in [1.54, 1.807) is 0 Å². The van der Waals surface area contributed by atoms with Gasteiger partial charge in [-0.2, -0.15) is 0 Å². The maximum absolute atomic E-state index is 10.0. The van der Waals surface area contributed by atoms with Gasteiger partial charge < -0.3 is 0 Å². The van der Waals surface area contributed by atoms with Gasteiger partial charge in [-0.15, -0.1) is 0 Å². The van der Waals surface area contributed by atoms with E-state index in [0.29, 0.717) is 0 Å². The summed E-state index contributed by atoms with van der Waals surface area (Å²) < 4.78 is 0. The fourth-order valence-electron chi connectivity index (χ4n) is 0.351. The maximum atomic E-state index is 10.0. The fourth-order valence-corrected chi connectivity index (χ4v) is 0.351. The third kappa shape index (κ3) is 9.33. The number of carbonyl (C=O) groups is 2. The van der Waals surface area contributed by atoms with Crippen LogP contribution in [0.4, 0.5) is 0 Å². The number of Topliss-reactive ketones (excluding diaryl/α,β-unsaturated/α-hetero) is 2. The third-order valence-corrected chi connectivity index (χ3v) is 0.498. The second kappa shape index (κ2) is 5.07. The van der Waals surface area contributed by atoms with Gasteiger partial charge in [0.2, 0.25) is 0 Å². The molecule has 0 unspecified atom stereocenters. The summed E-state index contributed by atoms with van der Waals surface area (Å²) in [4.78, 5) is 20.1. The topological polar surface area (TPSA) is 34.1 Å². The van der Waals surface area contributed by atoms with E-state index in [4.69, 9.17) is 0 Å². The minimum Gasteiger partial charge on any atom is -0.300 e. The molecular formula is C5H8O2V. The first-order valence-electron chi connectivity index (χ1n) is 2.12. The van der Waals surface area contributed by atoms with E-state index in [0.717, 1.165) is 0 Å². The molecule has 0 atom stereocenters. The molecule has 0 aromatic heterocycles. The van der Waals surface area contributed by atoms with Crippen molar-refractivity contribution in [2.24, 2.45) is 0 Å². The Balaban J connectivity index is 0. The van der Waals surface area contributed by atoms with Crippen LogP contribution in [0.1, 0.15) is 20.3 Å². The van der Waals surface area contributed by atoms with Crippen LogP contribution in [0.5, 0.6) is 0 Å². The van der Waals surface area contributed by atoms with Crippen LogP contribution < -0.4 is 0 Å². The van der Waals surface area contributed by atoms with Crippen LogP contribution in [0.2, 0.25) is 0 Å². The van der Waals surface area contributed by atoms with Gasteiger partial charge in [-0.1, -0.05) is 0 Å². The van der Waals surface area contributed by atoms with Crippen LogP contribution in [0, 0.1) is 0 Å². The predicted molar refractivity (Wildman–Crippen MR) is 26.0 cm³/mol. The predicted octanol–water partition coefficient (Wildman–Crippen LogP) is 0.552. The van der Waals surface area contributed by atoms with Crippen molar-refractivity contribution in [2.75, 3.05) is 0 Å². The Morgan fingerprint density at radius 1 is 1.12 bits per heavy atom. The van der Waals surface area contributed by atoms with Crippen molar-refractivity contribution in [3.8, 4) is 0 Å². The second-order valence-electron chi connectivity index (χ2n) is 1.58. The summed E-state index contributed by atoms with van der Waals surface area (Å²) >= 11 is 0. The second-order valence-corrected chi connectivity index (χ2v) is 1.58. The number of carbonyl (C=O) groups excluding carboxylic acids is 2. The number of rotatable bonds is 2. The van der Waals surface area contributed by atoms with Crippen molar-refractivity contribution in [3.63, 3.8) is 0 Å². The Bertz CT molecular complexity index is 86.6. The van der Waals surface area contributed by atoms with Crippen LogP contribution in [-0.2, 0) is 28.1 Å². The van der Waals surface area contributed by atoms with E-state index < -0.39 is 0 Å². The summed E-state index contributed by atoms with van der Waals surface area (Å²) in [5.41, 5.74) is 0. The summed E-state index contributed by atoms with van der Waals surface area (Å²) in [5, 5.41) is 0. The molecular weight excluding hydrogens is 143 g/mol. The fraction of sp³-hybridized carbons (Fsp3) is 0.600. The van der Waals surface area contributed by atoms with Crippen molar-refractivity contribution >= 4 is 11.6 Å². The molecule has 2 nitrogen and oxygen atoms in total. The molecule has 3 heteroatoms. The Morgan fingerprint density at radius 3 is 1.38 bits per heavy atom. The monoisotopic (exact) mass is 151 g/mol. The number of hydrogen-bond donors (Lipinski definition) is 0. The van der Waals surface area contributed by atoms with Crippen LogP contribution in [0.3, 0.4) is 0 Å². The molecule has 8 heavy (non-hydrogen) atoms. The molecule has 0 N–H and O–H groups in total. The molecule has 0 saturated heterocycles. The van der Waals surface area contributed by atoms with Gasteiger partial charge in [0, 0.05) is 18.6 Å². The molecule has 45 valence electrons. The SMILES string of the molecule is CC(=O)CC(C)=O.[V]. The van der Waals surface area contributed by atoms with Gasteiger partial charge in [0.05, 0.1) is 6.42 Å². The van der Waals surface area contributed by atoms with Crippen LogP contribution in [0.15, 0.2) is 0 Å². The van der Waals surface area contributed by atoms with Gasteiger partial charge in [-0.05, 0) is 13.8 Å². The molecule has 0 rings (SSSR count). The molecule has 0 saturated carbocycles. The minimum absolute atomic E-state index is 0. The third-order valence-electron chi connectivity index (χ3n) is 0.498. The van der Waals surface area contributed by atoms with E-state index in [9.17, 15) is 9.59 Å². The van der Waals surface area contributed by atoms with E-state index in [1.807, 2.05) is 0 Å². The van der Waals surface area contributed by atoms with Gasteiger partial charge in [-0.25, -0.2) is 0 Å². The summed E-state index contributed by atoms with van der Waals surface area (Å²) in [6.45, 7) is 2.81. The van der Waals surface area contributed by atoms with Crippen LogP contribution in [-0.4, -0.2) is 11.6 Å². The number of hydrogen-bond acceptors (Lipinski definition) is 2. The van der Waals surface area contributed by atoms with Crippen molar-refractivity contribution in [1.29, 1.82) is 0 Å². The molecule has 0 aromatic carbocycles. The molecule has 1 radical (unpaired) electrons. The van der Waals surface area contributed by atoms with E-state index in [1.165, 1.54) is 13.8 Å². The van der Waals surface area contributed by atoms with Crippen molar-refractivity contribution in [2.45, 2.75) is 20.3 Å². The zero-order valence-electron chi connectivity index (χ0n) is 4.97. The van der Waals surface area contributed by atoms with Crippen molar-refractivity contribution < 1.29 is 28.1 Å². The van der Waals surface area contributed by atoms with Gasteiger partial charge in [0.1, 0.15) is 11.6 Å². The molecule has 0 bridgehead atoms. The molecule has 0 spiro atoms. The smallest absolute Gasteiger partial charge is 0.137 e. The average Bonchev–Trinajstić information content (AvgIpc) is 1.27. The first-order valence-corrected chi connectivity index (χ1v) is 2.12. The Morgan fingerprint density at radius 2 is 1.38 bits per heavy atom. The molecule has 0 aliphatic carbocycles. The largest absolute Gasteiger partial charge is 0.300 e. The zero-order valence-corrected chi connectivity index (χ0v) is 6.37. The first kappa shape index (κ1) is 10.8. The molecule has 0 aromatic rings. The molecule has 0 aliphatic heterocycles. The van der Waals surface area contributed by atoms with Gasteiger partial charge in [0.25, 0.3) is 0 Å². The average molecular weight is 151 g/mol. The normalized spacial score (nSPS) is 7.25. The molecule has 0 fully saturated rings. The molecule has 0 aliphatic rings. The minimum atomic E-state index is -0.0625. The summed E-state index contributed by atoms with van der Waals surface area (Å²) in [6, 6.07) is 0. The first-order chi connectivity index (χ1) is 3.13. The van der Waals surface area contributed by atoms with E-state index in [-0.39, 0.29) is 36.5 Å². The van der Waals surface area contributed by atoms with Crippen LogP contribution >= 0.6 is 0 Å². The molecule has 0 amide bonds. The molecule has 0 heterocycles. The Hall–Kier alpha value is -0.0756. The summed E-state index contributed by atoms with van der Waals surface area (Å²) in [6.07, 6.45) is 0.0833. The Kier molecular flexibility index (Phi) is 6.86. The van der Waals surface area contributed by atoms with Gasteiger partial charge in [0.15, 0.2) is 0 Å². The van der Waals surface area contributed by atoms with Gasteiger partial charge >= 0.3 is 0 Å². The Labute approximate surface area is 60.5 Å². The van der Waals surface area contributed by atoms with Crippen LogP contribution in [0.25, 0.3) is 0 Å². The van der Waals surface area contributed by atoms with E-state index >= 15 is 0 Å². The summed E-state index contributed by atoms with van der Waals surface area (Å²) in [7, 11) is 0. The van der Waals surface area contributed by atoms with Crippen molar-refractivity contribution in [1.82, 2.24) is 0 Å².